The summed E-state index contributed by atoms with van der Waals surface area (Å²) in [6, 6.07) is 71.2. The van der Waals surface area contributed by atoms with Crippen molar-refractivity contribution in [1.29, 1.82) is 0 Å². The van der Waals surface area contributed by atoms with Gasteiger partial charge >= 0.3 is 0 Å². The number of ether oxygens (including phenoxy) is 1. The molecule has 0 saturated carbocycles. The van der Waals surface area contributed by atoms with Gasteiger partial charge in [0.15, 0.2) is 0 Å². The van der Waals surface area contributed by atoms with Gasteiger partial charge in [-0.05, 0) is 139 Å². The molecule has 3 heterocycles. The minimum Gasteiger partial charge on any atom is -0.457 e. The summed E-state index contributed by atoms with van der Waals surface area (Å²) in [5.41, 5.74) is 17.4. The molecule has 0 unspecified atom stereocenters. The summed E-state index contributed by atoms with van der Waals surface area (Å²) in [6.45, 7) is 30.9. The summed E-state index contributed by atoms with van der Waals surface area (Å²) in [4.78, 5) is 10.0. The lowest BCUT2D eigenvalue weighted by molar-refractivity contribution is 0.483. The molecule has 8 aromatic carbocycles. The molecule has 2 aromatic heterocycles. The molecule has 11 rings (SSSR count). The van der Waals surface area contributed by atoms with Crippen molar-refractivity contribution < 1.29 is 4.74 Å². The number of fused-ring (bicyclic) bond motifs is 4. The number of hydrogen-bond acceptors (Lipinski definition) is 4. The Morgan fingerprint density at radius 2 is 0.935 bits per heavy atom. The fourth-order valence-electron chi connectivity index (χ4n) is 11.5. The van der Waals surface area contributed by atoms with Crippen LogP contribution in [0.25, 0.3) is 38.8 Å². The fraction of sp³-hybridized carbons (Fsp3) is 0.264. The van der Waals surface area contributed by atoms with E-state index >= 15 is 0 Å². The molecule has 1 aliphatic heterocycles. The van der Waals surface area contributed by atoms with Crippen LogP contribution in [0.1, 0.15) is 129 Å². The second-order valence-corrected chi connectivity index (χ2v) is 25.5. The van der Waals surface area contributed by atoms with Gasteiger partial charge in [0.1, 0.15) is 24.0 Å². The molecular formula is C72H74N4O. The summed E-state index contributed by atoms with van der Waals surface area (Å²) < 4.78 is 9.30. The lowest BCUT2D eigenvalue weighted by atomic mass is 9.73. The van der Waals surface area contributed by atoms with Gasteiger partial charge in [0, 0.05) is 51.3 Å². The average Bonchev–Trinajstić information content (AvgIpc) is 3.96. The number of anilines is 4. The molecule has 77 heavy (non-hydrogen) atoms. The van der Waals surface area contributed by atoms with E-state index in [0.717, 1.165) is 39.4 Å². The smallest absolute Gasteiger partial charge is 0.137 e. The third-order valence-corrected chi connectivity index (χ3v) is 16.3. The lowest BCUT2D eigenvalue weighted by Crippen LogP contribution is -2.27. The van der Waals surface area contributed by atoms with Gasteiger partial charge in [-0.1, -0.05) is 199 Å². The average molecular weight is 1010 g/mol. The van der Waals surface area contributed by atoms with Gasteiger partial charge in [-0.3, -0.25) is 4.57 Å². The molecule has 0 amide bonds. The van der Waals surface area contributed by atoms with Crippen LogP contribution in [-0.4, -0.2) is 16.2 Å². The number of benzene rings is 8. The third kappa shape index (κ3) is 9.60. The molecule has 0 N–H and O–H groups in total. The Balaban J connectivity index is 1.04. The van der Waals surface area contributed by atoms with Crippen molar-refractivity contribution in [2.24, 2.45) is 0 Å². The van der Waals surface area contributed by atoms with E-state index in [-0.39, 0.29) is 27.1 Å². The van der Waals surface area contributed by atoms with Crippen LogP contribution in [-0.2, 0) is 27.1 Å². The zero-order chi connectivity index (χ0) is 54.2. The summed E-state index contributed by atoms with van der Waals surface area (Å²) in [6.07, 6.45) is 1.94. The lowest BCUT2D eigenvalue weighted by Gasteiger charge is -2.34. The fourth-order valence-corrected chi connectivity index (χ4v) is 11.5. The number of rotatable bonds is 10. The molecule has 5 heteroatoms. The standard InChI is InChI=1S/C72H74N4O/c1-68(2,3)52-36-37-73-67(42-52)76-63-35-32-49(48-24-17-14-18-25-48)38-60(63)59-34-33-58(44-64(59)76)77-57-31-23-30-55(43-57)74-47-75(66-46-62(70(7,8)9)61(45-65(66)74)69(4,5)6)56-40-53(71(10,11)50-26-19-15-20-27-50)39-54(41-56)72(12,13)51-28-21-16-22-29-51/h14-46H,47H2,1-13H3. The number of hydrogen-bond donors (Lipinski definition) is 0. The van der Waals surface area contributed by atoms with Crippen molar-refractivity contribution in [3.05, 3.63) is 239 Å². The first-order valence-electron chi connectivity index (χ1n) is 27.5. The van der Waals surface area contributed by atoms with E-state index in [1.54, 1.807) is 0 Å². The number of pyridine rings is 1. The Kier molecular flexibility index (Phi) is 12.6. The maximum atomic E-state index is 7.00. The molecule has 0 radical (unpaired) electrons. The Labute approximate surface area is 457 Å². The molecule has 0 atom stereocenters. The van der Waals surface area contributed by atoms with Crippen LogP contribution in [0.5, 0.6) is 11.5 Å². The van der Waals surface area contributed by atoms with Gasteiger partial charge < -0.3 is 14.5 Å². The summed E-state index contributed by atoms with van der Waals surface area (Å²) in [5.74, 6) is 2.41. The molecular weight excluding hydrogens is 937 g/mol. The highest BCUT2D eigenvalue weighted by atomic mass is 16.5. The zero-order valence-electron chi connectivity index (χ0n) is 47.5. The predicted molar refractivity (Wildman–Crippen MR) is 326 cm³/mol. The molecule has 388 valence electrons. The van der Waals surface area contributed by atoms with Gasteiger partial charge in [0.25, 0.3) is 0 Å². The van der Waals surface area contributed by atoms with Gasteiger partial charge in [0.05, 0.1) is 22.4 Å². The number of nitrogens with zero attached hydrogens (tertiary/aromatic N) is 4. The van der Waals surface area contributed by atoms with E-state index in [1.807, 2.05) is 6.20 Å². The first-order chi connectivity index (χ1) is 36.6. The molecule has 0 bridgehead atoms. The van der Waals surface area contributed by atoms with Gasteiger partial charge in [-0.25, -0.2) is 4.98 Å². The molecule has 0 spiro atoms. The van der Waals surface area contributed by atoms with Crippen molar-refractivity contribution in [1.82, 2.24) is 9.55 Å². The van der Waals surface area contributed by atoms with Crippen molar-refractivity contribution >= 4 is 44.6 Å². The van der Waals surface area contributed by atoms with Crippen LogP contribution < -0.4 is 14.5 Å². The van der Waals surface area contributed by atoms with Crippen molar-refractivity contribution in [2.75, 3.05) is 16.5 Å². The predicted octanol–water partition coefficient (Wildman–Crippen LogP) is 19.4. The maximum Gasteiger partial charge on any atom is 0.137 e. The first kappa shape index (κ1) is 51.2. The minimum absolute atomic E-state index is 0.0438. The van der Waals surface area contributed by atoms with Gasteiger partial charge in [-0.2, -0.15) is 0 Å². The van der Waals surface area contributed by atoms with Gasteiger partial charge in [-0.15, -0.1) is 0 Å². The van der Waals surface area contributed by atoms with E-state index < -0.39 is 0 Å². The van der Waals surface area contributed by atoms with Crippen molar-refractivity contribution in [3.63, 3.8) is 0 Å². The van der Waals surface area contributed by atoms with Crippen LogP contribution in [0.2, 0.25) is 0 Å². The van der Waals surface area contributed by atoms with Gasteiger partial charge in [0.2, 0.25) is 0 Å². The second kappa shape index (κ2) is 19.0. The largest absolute Gasteiger partial charge is 0.457 e. The Morgan fingerprint density at radius 1 is 0.377 bits per heavy atom. The molecule has 0 saturated heterocycles. The van der Waals surface area contributed by atoms with Crippen LogP contribution in [0, 0.1) is 0 Å². The second-order valence-electron chi connectivity index (χ2n) is 25.5. The van der Waals surface area contributed by atoms with Crippen LogP contribution in [0.4, 0.5) is 22.7 Å². The van der Waals surface area contributed by atoms with E-state index in [4.69, 9.17) is 9.72 Å². The molecule has 10 aromatic rings. The van der Waals surface area contributed by atoms with Crippen LogP contribution >= 0.6 is 0 Å². The molecule has 5 nitrogen and oxygen atoms in total. The highest BCUT2D eigenvalue weighted by Gasteiger charge is 2.37. The van der Waals surface area contributed by atoms with Crippen LogP contribution in [0.15, 0.2) is 200 Å². The monoisotopic (exact) mass is 1010 g/mol. The summed E-state index contributed by atoms with van der Waals surface area (Å²) >= 11 is 0. The maximum absolute atomic E-state index is 7.00. The molecule has 0 aliphatic carbocycles. The Morgan fingerprint density at radius 3 is 1.51 bits per heavy atom. The summed E-state index contributed by atoms with van der Waals surface area (Å²) in [7, 11) is 0. The molecule has 0 fully saturated rings. The highest BCUT2D eigenvalue weighted by Crippen LogP contribution is 2.51. The number of aromatic nitrogens is 2. The third-order valence-electron chi connectivity index (χ3n) is 16.3. The van der Waals surface area contributed by atoms with E-state index in [2.05, 4.69) is 298 Å². The Bertz CT molecular complexity index is 3740. The van der Waals surface area contributed by atoms with E-state index in [1.165, 1.54) is 72.5 Å². The first-order valence-corrected chi connectivity index (χ1v) is 27.5. The highest BCUT2D eigenvalue weighted by molar-refractivity contribution is 6.10. The molecule has 1 aliphatic rings. The topological polar surface area (TPSA) is 33.5 Å². The van der Waals surface area contributed by atoms with Crippen molar-refractivity contribution in [3.8, 4) is 28.4 Å². The minimum atomic E-state index is -0.269. The normalized spacial score (nSPS) is 13.4. The van der Waals surface area contributed by atoms with Crippen molar-refractivity contribution in [2.45, 2.75) is 117 Å². The van der Waals surface area contributed by atoms with Crippen LogP contribution in [0.3, 0.4) is 0 Å². The zero-order valence-corrected chi connectivity index (χ0v) is 47.5. The van der Waals surface area contributed by atoms with E-state index in [9.17, 15) is 0 Å². The SMILES string of the molecule is CC(C)(C)c1ccnc(-n2c3ccc(-c4ccccc4)cc3c3ccc(Oc4cccc(N5CN(c6cc(C(C)(C)c7ccccc7)cc(C(C)(C)c7ccccc7)c6)c6cc(C(C)(C)C)c(C(C)(C)C)cc65)c4)cc32)c1. The summed E-state index contributed by atoms with van der Waals surface area (Å²) in [5, 5.41) is 2.32. The quantitative estimate of drug-likeness (QED) is 0.137. The van der Waals surface area contributed by atoms with E-state index in [0.29, 0.717) is 6.67 Å². The Hall–Kier alpha value is -7.89.